The van der Waals surface area contributed by atoms with Crippen molar-refractivity contribution in [3.8, 4) is 21.8 Å². The third-order valence-corrected chi connectivity index (χ3v) is 4.56. The van der Waals surface area contributed by atoms with Gasteiger partial charge in [0, 0.05) is 21.5 Å². The van der Waals surface area contributed by atoms with Crippen molar-refractivity contribution in [2.45, 2.75) is 20.0 Å². The zero-order chi connectivity index (χ0) is 15.9. The minimum atomic E-state index is -4.43. The maximum atomic E-state index is 12.6. The van der Waals surface area contributed by atoms with Gasteiger partial charge in [0.2, 0.25) is 0 Å². The van der Waals surface area contributed by atoms with E-state index in [4.69, 9.17) is 0 Å². The van der Waals surface area contributed by atoms with Crippen LogP contribution in [0.4, 0.5) is 13.2 Å². The van der Waals surface area contributed by atoms with Gasteiger partial charge >= 0.3 is 6.18 Å². The molecule has 3 heterocycles. The molecule has 0 aromatic carbocycles. The van der Waals surface area contributed by atoms with Crippen LogP contribution in [0.5, 0.6) is 0 Å². The molecule has 3 aromatic rings. The molecule has 22 heavy (non-hydrogen) atoms. The lowest BCUT2D eigenvalue weighted by atomic mass is 10.1. The highest BCUT2D eigenvalue weighted by atomic mass is 32.1. The Morgan fingerprint density at radius 1 is 1.09 bits per heavy atom. The second kappa shape index (κ2) is 5.24. The maximum absolute atomic E-state index is 12.6. The van der Waals surface area contributed by atoms with Crippen LogP contribution in [-0.4, -0.2) is 15.2 Å². The van der Waals surface area contributed by atoms with Gasteiger partial charge in [0.05, 0.1) is 5.69 Å². The van der Waals surface area contributed by atoms with Gasteiger partial charge in [-0.05, 0) is 43.7 Å². The number of hydrogen-bond acceptors (Lipinski definition) is 3. The summed E-state index contributed by atoms with van der Waals surface area (Å²) in [6.45, 7) is 4.09. The Balaban J connectivity index is 1.89. The number of aromatic nitrogens is 3. The first-order valence-corrected chi connectivity index (χ1v) is 7.32. The lowest BCUT2D eigenvalue weighted by Gasteiger charge is -2.00. The number of pyridine rings is 1. The highest BCUT2D eigenvalue weighted by Crippen LogP contribution is 2.32. The number of halogens is 3. The summed E-state index contributed by atoms with van der Waals surface area (Å²) in [5, 5.41) is 5.66. The van der Waals surface area contributed by atoms with Gasteiger partial charge in [-0.1, -0.05) is 0 Å². The molecule has 1 N–H and O–H groups in total. The van der Waals surface area contributed by atoms with Crippen molar-refractivity contribution < 1.29 is 13.2 Å². The van der Waals surface area contributed by atoms with Gasteiger partial charge in [-0.2, -0.15) is 18.3 Å². The zero-order valence-corrected chi connectivity index (χ0v) is 12.6. The molecule has 0 spiro atoms. The van der Waals surface area contributed by atoms with Crippen LogP contribution in [0.1, 0.15) is 16.1 Å². The van der Waals surface area contributed by atoms with E-state index in [1.165, 1.54) is 10.4 Å². The highest BCUT2D eigenvalue weighted by molar-refractivity contribution is 7.15. The Morgan fingerprint density at radius 3 is 2.36 bits per heavy atom. The number of H-pyrrole nitrogens is 1. The van der Waals surface area contributed by atoms with Crippen LogP contribution in [0.2, 0.25) is 0 Å². The van der Waals surface area contributed by atoms with E-state index in [0.717, 1.165) is 16.5 Å². The normalized spacial score (nSPS) is 11.9. The van der Waals surface area contributed by atoms with E-state index in [1.54, 1.807) is 23.6 Å². The summed E-state index contributed by atoms with van der Waals surface area (Å²) in [5.74, 6) is 0. The molecule has 0 saturated heterocycles. The molecule has 114 valence electrons. The van der Waals surface area contributed by atoms with Crippen molar-refractivity contribution in [2.24, 2.45) is 0 Å². The van der Waals surface area contributed by atoms with Crippen molar-refractivity contribution in [2.75, 3.05) is 0 Å². The highest BCUT2D eigenvalue weighted by Gasteiger charge is 2.33. The number of thiophene rings is 1. The molecule has 0 aliphatic rings. The number of rotatable bonds is 2. The Hall–Kier alpha value is -2.15. The number of aromatic amines is 1. The second-order valence-electron chi connectivity index (χ2n) is 4.95. The molecule has 3 nitrogen and oxygen atoms in total. The Morgan fingerprint density at radius 2 is 1.86 bits per heavy atom. The van der Waals surface area contributed by atoms with Crippen LogP contribution < -0.4 is 0 Å². The van der Waals surface area contributed by atoms with Crippen LogP contribution >= 0.6 is 11.3 Å². The van der Waals surface area contributed by atoms with Crippen LogP contribution in [0, 0.1) is 13.8 Å². The lowest BCUT2D eigenvalue weighted by Crippen LogP contribution is -2.04. The third-order valence-electron chi connectivity index (χ3n) is 3.36. The summed E-state index contributed by atoms with van der Waals surface area (Å²) in [6, 6.07) is 6.56. The van der Waals surface area contributed by atoms with Crippen LogP contribution in [0.25, 0.3) is 21.8 Å². The first kappa shape index (κ1) is 14.8. The largest absolute Gasteiger partial charge is 0.432 e. The van der Waals surface area contributed by atoms with Gasteiger partial charge in [0.1, 0.15) is 11.4 Å². The number of aryl methyl sites for hydroxylation is 2. The molecule has 7 heteroatoms. The quantitative estimate of drug-likeness (QED) is 0.733. The van der Waals surface area contributed by atoms with E-state index in [1.807, 2.05) is 25.0 Å². The molecule has 0 unspecified atom stereocenters. The molecular weight excluding hydrogens is 311 g/mol. The SMILES string of the molecule is Cc1cc(-c2ccc(-c3cc(C(F)(F)F)[nH]n3)nc2)sc1C. The summed E-state index contributed by atoms with van der Waals surface area (Å²) < 4.78 is 37.7. The topological polar surface area (TPSA) is 41.6 Å². The molecule has 0 aliphatic heterocycles. The number of nitrogens with zero attached hydrogens (tertiary/aromatic N) is 2. The summed E-state index contributed by atoms with van der Waals surface area (Å²) in [7, 11) is 0. The number of alkyl halides is 3. The standard InChI is InChI=1S/C15H12F3N3S/c1-8-5-13(22-9(8)2)10-3-4-11(19-7-10)12-6-14(21-20-12)15(16,17)18/h3-7H,1-2H3,(H,20,21). The summed E-state index contributed by atoms with van der Waals surface area (Å²) >= 11 is 1.67. The van der Waals surface area contributed by atoms with Gasteiger partial charge in [-0.15, -0.1) is 11.3 Å². The van der Waals surface area contributed by atoms with Gasteiger partial charge in [0.25, 0.3) is 0 Å². The first-order valence-electron chi connectivity index (χ1n) is 6.51. The van der Waals surface area contributed by atoms with Crippen LogP contribution in [0.3, 0.4) is 0 Å². The Bertz CT molecular complexity index is 781. The van der Waals surface area contributed by atoms with Crippen molar-refractivity contribution in [3.05, 3.63) is 46.6 Å². The molecule has 0 fully saturated rings. The summed E-state index contributed by atoms with van der Waals surface area (Å²) in [6.07, 6.45) is -2.78. The average molecular weight is 323 g/mol. The molecule has 0 aliphatic carbocycles. The zero-order valence-electron chi connectivity index (χ0n) is 11.8. The Labute approximate surface area is 128 Å². The first-order chi connectivity index (χ1) is 10.3. The number of hydrogen-bond donors (Lipinski definition) is 1. The van der Waals surface area contributed by atoms with E-state index < -0.39 is 11.9 Å². The van der Waals surface area contributed by atoms with E-state index in [0.29, 0.717) is 5.69 Å². The fourth-order valence-electron chi connectivity index (χ4n) is 2.00. The predicted octanol–water partition coefficient (Wildman–Crippen LogP) is 4.84. The third kappa shape index (κ3) is 2.76. The lowest BCUT2D eigenvalue weighted by molar-refractivity contribution is -0.141. The van der Waals surface area contributed by atoms with Crippen molar-refractivity contribution in [1.82, 2.24) is 15.2 Å². The van der Waals surface area contributed by atoms with Crippen molar-refractivity contribution in [1.29, 1.82) is 0 Å². The minimum Gasteiger partial charge on any atom is -0.273 e. The molecule has 3 rings (SSSR count). The summed E-state index contributed by atoms with van der Waals surface area (Å²) in [4.78, 5) is 6.54. The smallest absolute Gasteiger partial charge is 0.273 e. The molecule has 0 bridgehead atoms. The molecule has 0 radical (unpaired) electrons. The average Bonchev–Trinajstić information content (AvgIpc) is 3.07. The molecule has 3 aromatic heterocycles. The van der Waals surface area contributed by atoms with Crippen molar-refractivity contribution in [3.63, 3.8) is 0 Å². The molecule has 0 saturated carbocycles. The molecule has 0 atom stereocenters. The van der Waals surface area contributed by atoms with Crippen LogP contribution in [-0.2, 0) is 6.18 Å². The molecular formula is C15H12F3N3S. The van der Waals surface area contributed by atoms with Crippen molar-refractivity contribution >= 4 is 11.3 Å². The van der Waals surface area contributed by atoms with E-state index >= 15 is 0 Å². The van der Waals surface area contributed by atoms with E-state index in [-0.39, 0.29) is 5.69 Å². The second-order valence-corrected chi connectivity index (χ2v) is 6.20. The fourth-order valence-corrected chi connectivity index (χ4v) is 3.03. The van der Waals surface area contributed by atoms with E-state index in [9.17, 15) is 13.2 Å². The van der Waals surface area contributed by atoms with Crippen LogP contribution in [0.15, 0.2) is 30.5 Å². The fraction of sp³-hybridized carbons (Fsp3) is 0.200. The monoisotopic (exact) mass is 323 g/mol. The Kier molecular flexibility index (Phi) is 3.52. The van der Waals surface area contributed by atoms with Gasteiger partial charge < -0.3 is 0 Å². The predicted molar refractivity (Wildman–Crippen MR) is 79.6 cm³/mol. The van der Waals surface area contributed by atoms with Gasteiger partial charge in [-0.25, -0.2) is 0 Å². The number of nitrogens with one attached hydrogen (secondary N) is 1. The van der Waals surface area contributed by atoms with Gasteiger partial charge in [0.15, 0.2) is 0 Å². The van der Waals surface area contributed by atoms with Gasteiger partial charge in [-0.3, -0.25) is 10.1 Å². The summed E-state index contributed by atoms with van der Waals surface area (Å²) in [5.41, 5.74) is 1.86. The van der Waals surface area contributed by atoms with E-state index in [2.05, 4.69) is 16.1 Å². The molecule has 0 amide bonds. The minimum absolute atomic E-state index is 0.178. The maximum Gasteiger partial charge on any atom is 0.432 e.